The van der Waals surface area contributed by atoms with Crippen LogP contribution in [-0.4, -0.2) is 68.9 Å². The van der Waals surface area contributed by atoms with Crippen LogP contribution < -0.4 is 19.7 Å². The van der Waals surface area contributed by atoms with Crippen LogP contribution in [0.1, 0.15) is 11.3 Å². The molecule has 1 saturated heterocycles. The summed E-state index contributed by atoms with van der Waals surface area (Å²) in [5.41, 5.74) is 2.15. The normalized spacial score (nSPS) is 14.9. The molecule has 0 amide bonds. The zero-order valence-corrected chi connectivity index (χ0v) is 16.7. The van der Waals surface area contributed by atoms with Crippen molar-refractivity contribution in [3.05, 3.63) is 35.5 Å². The molecule has 2 aromatic rings. The third-order valence-electron chi connectivity index (χ3n) is 4.81. The van der Waals surface area contributed by atoms with Gasteiger partial charge >= 0.3 is 0 Å². The smallest absolute Gasteiger partial charge is 0.224 e. The molecule has 1 aliphatic heterocycles. The Labute approximate surface area is 161 Å². The lowest BCUT2D eigenvalue weighted by molar-refractivity contribution is 0.312. The van der Waals surface area contributed by atoms with E-state index in [1.807, 2.05) is 19.1 Å². The predicted octanol–water partition coefficient (Wildman–Crippen LogP) is 2.21. The van der Waals surface area contributed by atoms with Gasteiger partial charge in [-0.15, -0.1) is 0 Å². The van der Waals surface area contributed by atoms with Gasteiger partial charge in [-0.05, 0) is 38.1 Å². The van der Waals surface area contributed by atoms with Crippen molar-refractivity contribution in [3.8, 4) is 11.5 Å². The van der Waals surface area contributed by atoms with Gasteiger partial charge in [0, 0.05) is 44.5 Å². The number of benzene rings is 1. The number of rotatable bonds is 7. The molecule has 0 radical (unpaired) electrons. The maximum Gasteiger partial charge on any atom is 0.224 e. The minimum absolute atomic E-state index is 0.685. The standard InChI is InChI=1S/C20H29N5O2/c1-15-13-19(25-11-9-24(2)10-12-25)23-20(22-15)21-8-7-16-5-6-17(26-3)18(14-16)27-4/h5-6,13-14H,7-12H2,1-4H3,(H,21,22,23). The van der Waals surface area contributed by atoms with Crippen LogP contribution in [0, 0.1) is 6.92 Å². The molecule has 0 saturated carbocycles. The Morgan fingerprint density at radius 1 is 1.00 bits per heavy atom. The van der Waals surface area contributed by atoms with E-state index < -0.39 is 0 Å². The Bertz CT molecular complexity index is 760. The molecule has 1 aromatic heterocycles. The molecule has 1 aromatic carbocycles. The third-order valence-corrected chi connectivity index (χ3v) is 4.81. The highest BCUT2D eigenvalue weighted by Crippen LogP contribution is 2.27. The quantitative estimate of drug-likeness (QED) is 0.800. The van der Waals surface area contributed by atoms with Crippen molar-refractivity contribution >= 4 is 11.8 Å². The summed E-state index contributed by atoms with van der Waals surface area (Å²) in [4.78, 5) is 13.9. The van der Waals surface area contributed by atoms with Gasteiger partial charge in [0.15, 0.2) is 11.5 Å². The summed E-state index contributed by atoms with van der Waals surface area (Å²) in [6.07, 6.45) is 0.849. The van der Waals surface area contributed by atoms with E-state index in [-0.39, 0.29) is 0 Å². The first-order valence-corrected chi connectivity index (χ1v) is 9.33. The summed E-state index contributed by atoms with van der Waals surface area (Å²) in [6, 6.07) is 8.05. The zero-order chi connectivity index (χ0) is 19.2. The van der Waals surface area contributed by atoms with E-state index in [2.05, 4.69) is 39.3 Å². The number of hydrogen-bond donors (Lipinski definition) is 1. The molecule has 146 valence electrons. The molecular formula is C20H29N5O2. The average Bonchev–Trinajstić information content (AvgIpc) is 2.68. The highest BCUT2D eigenvalue weighted by molar-refractivity contribution is 5.46. The number of nitrogens with one attached hydrogen (secondary N) is 1. The van der Waals surface area contributed by atoms with Crippen molar-refractivity contribution in [2.24, 2.45) is 0 Å². The number of likely N-dealkylation sites (N-methyl/N-ethyl adjacent to an activating group) is 1. The summed E-state index contributed by atoms with van der Waals surface area (Å²) in [5.74, 6) is 3.18. The number of aryl methyl sites for hydroxylation is 1. The van der Waals surface area contributed by atoms with Crippen LogP contribution in [0.3, 0.4) is 0 Å². The fraction of sp³-hybridized carbons (Fsp3) is 0.500. The lowest BCUT2D eigenvalue weighted by Crippen LogP contribution is -2.44. The van der Waals surface area contributed by atoms with E-state index in [1.165, 1.54) is 5.56 Å². The molecule has 1 aliphatic rings. The van der Waals surface area contributed by atoms with E-state index in [1.54, 1.807) is 14.2 Å². The van der Waals surface area contributed by atoms with Gasteiger partial charge in [0.05, 0.1) is 14.2 Å². The van der Waals surface area contributed by atoms with Crippen molar-refractivity contribution in [1.29, 1.82) is 0 Å². The van der Waals surface area contributed by atoms with E-state index in [4.69, 9.17) is 14.5 Å². The summed E-state index contributed by atoms with van der Waals surface area (Å²) in [6.45, 7) is 6.88. The molecule has 0 spiro atoms. The first-order chi connectivity index (χ1) is 13.1. The van der Waals surface area contributed by atoms with Gasteiger partial charge < -0.3 is 24.6 Å². The second-order valence-electron chi connectivity index (χ2n) is 6.85. The second kappa shape index (κ2) is 8.90. The number of hydrogen-bond acceptors (Lipinski definition) is 7. The summed E-state index contributed by atoms with van der Waals surface area (Å²) in [5, 5.41) is 3.36. The van der Waals surface area contributed by atoms with E-state index in [0.29, 0.717) is 5.95 Å². The third kappa shape index (κ3) is 5.01. The SMILES string of the molecule is COc1ccc(CCNc2nc(C)cc(N3CCN(C)CC3)n2)cc1OC. The largest absolute Gasteiger partial charge is 0.493 e. The van der Waals surface area contributed by atoms with Crippen molar-refractivity contribution in [2.75, 3.05) is 64.2 Å². The van der Waals surface area contributed by atoms with Gasteiger partial charge in [0.2, 0.25) is 5.95 Å². The van der Waals surface area contributed by atoms with Crippen LogP contribution in [0.5, 0.6) is 11.5 Å². The number of aromatic nitrogens is 2. The summed E-state index contributed by atoms with van der Waals surface area (Å²) in [7, 11) is 5.45. The fourth-order valence-electron chi connectivity index (χ4n) is 3.18. The van der Waals surface area contributed by atoms with Crippen LogP contribution in [0.2, 0.25) is 0 Å². The monoisotopic (exact) mass is 371 g/mol. The Morgan fingerprint density at radius 2 is 1.74 bits per heavy atom. The van der Waals surface area contributed by atoms with E-state index in [0.717, 1.165) is 62.2 Å². The molecule has 0 unspecified atom stereocenters. The van der Waals surface area contributed by atoms with Gasteiger partial charge in [-0.2, -0.15) is 4.98 Å². The number of ether oxygens (including phenoxy) is 2. The Hall–Kier alpha value is -2.54. The second-order valence-corrected chi connectivity index (χ2v) is 6.85. The summed E-state index contributed by atoms with van der Waals surface area (Å²) >= 11 is 0. The first-order valence-electron chi connectivity index (χ1n) is 9.33. The van der Waals surface area contributed by atoms with E-state index >= 15 is 0 Å². The average molecular weight is 371 g/mol. The van der Waals surface area contributed by atoms with Gasteiger partial charge in [-0.25, -0.2) is 4.98 Å². The number of methoxy groups -OCH3 is 2. The molecule has 2 heterocycles. The minimum atomic E-state index is 0.685. The van der Waals surface area contributed by atoms with Gasteiger partial charge in [0.25, 0.3) is 0 Å². The Balaban J connectivity index is 1.61. The van der Waals surface area contributed by atoms with Crippen molar-refractivity contribution in [2.45, 2.75) is 13.3 Å². The van der Waals surface area contributed by atoms with Crippen molar-refractivity contribution in [1.82, 2.24) is 14.9 Å². The maximum absolute atomic E-state index is 5.37. The highest BCUT2D eigenvalue weighted by atomic mass is 16.5. The maximum atomic E-state index is 5.37. The topological polar surface area (TPSA) is 62.8 Å². The van der Waals surface area contributed by atoms with Crippen molar-refractivity contribution < 1.29 is 9.47 Å². The zero-order valence-electron chi connectivity index (χ0n) is 16.7. The van der Waals surface area contributed by atoms with E-state index in [9.17, 15) is 0 Å². The molecule has 0 atom stereocenters. The fourth-order valence-corrected chi connectivity index (χ4v) is 3.18. The molecular weight excluding hydrogens is 342 g/mol. The first kappa shape index (κ1) is 19.2. The van der Waals surface area contributed by atoms with Crippen LogP contribution in [0.15, 0.2) is 24.3 Å². The number of anilines is 2. The van der Waals surface area contributed by atoms with Crippen LogP contribution in [-0.2, 0) is 6.42 Å². The molecule has 0 bridgehead atoms. The molecule has 7 nitrogen and oxygen atoms in total. The van der Waals surface area contributed by atoms with Crippen LogP contribution in [0.25, 0.3) is 0 Å². The Morgan fingerprint density at radius 3 is 2.44 bits per heavy atom. The number of nitrogens with zero attached hydrogens (tertiary/aromatic N) is 4. The number of piperazine rings is 1. The van der Waals surface area contributed by atoms with Crippen molar-refractivity contribution in [3.63, 3.8) is 0 Å². The van der Waals surface area contributed by atoms with Crippen LogP contribution >= 0.6 is 0 Å². The lowest BCUT2D eigenvalue weighted by atomic mass is 10.1. The minimum Gasteiger partial charge on any atom is -0.493 e. The summed E-state index contributed by atoms with van der Waals surface area (Å²) < 4.78 is 10.7. The van der Waals surface area contributed by atoms with Gasteiger partial charge in [0.1, 0.15) is 5.82 Å². The molecule has 0 aliphatic carbocycles. The molecule has 27 heavy (non-hydrogen) atoms. The molecule has 1 N–H and O–H groups in total. The lowest BCUT2D eigenvalue weighted by Gasteiger charge is -2.33. The van der Waals surface area contributed by atoms with Gasteiger partial charge in [-0.3, -0.25) is 0 Å². The molecule has 1 fully saturated rings. The van der Waals surface area contributed by atoms with Gasteiger partial charge in [-0.1, -0.05) is 6.07 Å². The highest BCUT2D eigenvalue weighted by Gasteiger charge is 2.16. The predicted molar refractivity (Wildman–Crippen MR) is 108 cm³/mol. The Kier molecular flexibility index (Phi) is 6.34. The molecule has 3 rings (SSSR count). The molecule has 7 heteroatoms. The van der Waals surface area contributed by atoms with Crippen LogP contribution in [0.4, 0.5) is 11.8 Å².